The molecule has 0 atom stereocenters. The molecular weight excluding hydrogens is 286 g/mol. The van der Waals surface area contributed by atoms with Gasteiger partial charge >= 0.3 is 5.69 Å². The van der Waals surface area contributed by atoms with Gasteiger partial charge in [0.2, 0.25) is 0 Å². The molecule has 0 aliphatic carbocycles. The Morgan fingerprint density at radius 3 is 2.68 bits per heavy atom. The van der Waals surface area contributed by atoms with Crippen molar-refractivity contribution in [1.82, 2.24) is 9.13 Å². The van der Waals surface area contributed by atoms with Crippen molar-refractivity contribution >= 4 is 34.7 Å². The average molecular weight is 294 g/mol. The van der Waals surface area contributed by atoms with Gasteiger partial charge in [0.1, 0.15) is 0 Å². The number of benzene rings is 1. The van der Waals surface area contributed by atoms with E-state index < -0.39 is 5.69 Å². The normalized spacial score (nSPS) is 10.0. The molecule has 0 unspecified atom stereocenters. The summed E-state index contributed by atoms with van der Waals surface area (Å²) in [7, 11) is 1.40. The summed E-state index contributed by atoms with van der Waals surface area (Å²) < 4.78 is 2.29. The summed E-state index contributed by atoms with van der Waals surface area (Å²) in [5, 5.41) is 2.56. The predicted molar refractivity (Wildman–Crippen MR) is 77.0 cm³/mol. The van der Waals surface area contributed by atoms with E-state index in [9.17, 15) is 9.59 Å². The summed E-state index contributed by atoms with van der Waals surface area (Å²) in [4.78, 5) is 27.1. The van der Waals surface area contributed by atoms with E-state index in [4.69, 9.17) is 11.6 Å². The standard InChI is InChI=1S/C12H8ClN3O2S/c1-15-11(17)4-5-16(12(15)18)10-3-2-8(14-7-19)6-9(10)13/h2-6H,1H3. The van der Waals surface area contributed by atoms with E-state index in [1.807, 2.05) is 0 Å². The molecule has 0 spiro atoms. The third-order valence-corrected chi connectivity index (χ3v) is 2.95. The molecule has 96 valence electrons. The van der Waals surface area contributed by atoms with Crippen molar-refractivity contribution in [2.24, 2.45) is 12.0 Å². The first-order valence-electron chi connectivity index (χ1n) is 5.21. The van der Waals surface area contributed by atoms with Gasteiger partial charge in [0.05, 0.1) is 21.6 Å². The van der Waals surface area contributed by atoms with Gasteiger partial charge < -0.3 is 0 Å². The highest BCUT2D eigenvalue weighted by molar-refractivity contribution is 7.78. The van der Waals surface area contributed by atoms with Crippen molar-refractivity contribution in [1.29, 1.82) is 0 Å². The van der Waals surface area contributed by atoms with Crippen molar-refractivity contribution < 1.29 is 0 Å². The topological polar surface area (TPSA) is 56.4 Å². The molecule has 0 aliphatic heterocycles. The van der Waals surface area contributed by atoms with E-state index in [2.05, 4.69) is 22.4 Å². The summed E-state index contributed by atoms with van der Waals surface area (Å²) in [5.74, 6) is 0. The van der Waals surface area contributed by atoms with E-state index in [1.54, 1.807) is 18.2 Å². The Kier molecular flexibility index (Phi) is 3.76. The Hall–Kier alpha value is -2.01. The van der Waals surface area contributed by atoms with Gasteiger partial charge in [-0.2, -0.15) is 4.99 Å². The number of rotatable bonds is 2. The fourth-order valence-electron chi connectivity index (χ4n) is 1.57. The maximum absolute atomic E-state index is 12.0. The van der Waals surface area contributed by atoms with Crippen molar-refractivity contribution in [2.75, 3.05) is 0 Å². The number of isothiocyanates is 1. The van der Waals surface area contributed by atoms with Crippen LogP contribution in [0.25, 0.3) is 5.69 Å². The highest BCUT2D eigenvalue weighted by atomic mass is 35.5. The van der Waals surface area contributed by atoms with Crippen LogP contribution in [-0.4, -0.2) is 14.3 Å². The third kappa shape index (κ3) is 2.56. The lowest BCUT2D eigenvalue weighted by Crippen LogP contribution is -2.36. The molecule has 1 aromatic heterocycles. The van der Waals surface area contributed by atoms with Crippen LogP contribution in [-0.2, 0) is 7.05 Å². The average Bonchev–Trinajstić information content (AvgIpc) is 2.38. The Labute approximate surface area is 118 Å². The predicted octanol–water partition coefficient (Wildman–Crippen LogP) is 1.92. The quantitative estimate of drug-likeness (QED) is 0.628. The van der Waals surface area contributed by atoms with Crippen LogP contribution in [0, 0.1) is 0 Å². The second kappa shape index (κ2) is 5.32. The Morgan fingerprint density at radius 1 is 1.32 bits per heavy atom. The molecule has 1 aromatic carbocycles. The minimum atomic E-state index is -0.472. The number of aromatic nitrogens is 2. The zero-order valence-electron chi connectivity index (χ0n) is 9.83. The van der Waals surface area contributed by atoms with Crippen LogP contribution in [0.5, 0.6) is 0 Å². The van der Waals surface area contributed by atoms with E-state index in [1.165, 1.54) is 23.9 Å². The summed E-state index contributed by atoms with van der Waals surface area (Å²) >= 11 is 10.6. The lowest BCUT2D eigenvalue weighted by Gasteiger charge is -2.09. The highest BCUT2D eigenvalue weighted by Crippen LogP contribution is 2.24. The molecule has 0 fully saturated rings. The van der Waals surface area contributed by atoms with Crippen molar-refractivity contribution in [3.63, 3.8) is 0 Å². The fraction of sp³-hybridized carbons (Fsp3) is 0.0833. The first kappa shape index (κ1) is 13.4. The first-order valence-corrected chi connectivity index (χ1v) is 5.99. The number of halogens is 1. The summed E-state index contributed by atoms with van der Waals surface area (Å²) in [5.41, 5.74) is 0.159. The molecule has 0 saturated heterocycles. The van der Waals surface area contributed by atoms with E-state index in [0.29, 0.717) is 16.4 Å². The smallest absolute Gasteiger partial charge is 0.269 e. The SMILES string of the molecule is Cn1c(=O)ccn(-c2ccc(N=C=S)cc2Cl)c1=O. The van der Waals surface area contributed by atoms with E-state index >= 15 is 0 Å². The lowest BCUT2D eigenvalue weighted by atomic mass is 10.3. The number of aliphatic imine (C=N–C) groups is 1. The first-order chi connectivity index (χ1) is 9.04. The van der Waals surface area contributed by atoms with Crippen molar-refractivity contribution in [3.8, 4) is 5.69 Å². The maximum atomic E-state index is 12.0. The number of nitrogens with zero attached hydrogens (tertiary/aromatic N) is 3. The van der Waals surface area contributed by atoms with Crippen LogP contribution in [0.3, 0.4) is 0 Å². The Bertz CT molecular complexity index is 803. The van der Waals surface area contributed by atoms with Crippen LogP contribution in [0.1, 0.15) is 0 Å². The number of thiocarbonyl (C=S) groups is 1. The second-order valence-corrected chi connectivity index (χ2v) is 4.29. The van der Waals surface area contributed by atoms with Gasteiger partial charge in [0, 0.05) is 19.3 Å². The highest BCUT2D eigenvalue weighted by Gasteiger charge is 2.08. The number of hydrogen-bond acceptors (Lipinski definition) is 4. The van der Waals surface area contributed by atoms with Gasteiger partial charge in [0.25, 0.3) is 5.56 Å². The molecule has 0 N–H and O–H groups in total. The molecule has 19 heavy (non-hydrogen) atoms. The minimum absolute atomic E-state index is 0.326. The Morgan fingerprint density at radius 2 is 2.05 bits per heavy atom. The Balaban J connectivity index is 2.67. The molecule has 5 nitrogen and oxygen atoms in total. The largest absolute Gasteiger partial charge is 0.335 e. The van der Waals surface area contributed by atoms with Gasteiger partial charge in [-0.3, -0.25) is 13.9 Å². The number of hydrogen-bond donors (Lipinski definition) is 0. The summed E-state index contributed by atoms with van der Waals surface area (Å²) in [6.45, 7) is 0. The van der Waals surface area contributed by atoms with Gasteiger partial charge in [-0.1, -0.05) is 11.6 Å². The minimum Gasteiger partial charge on any atom is -0.269 e. The van der Waals surface area contributed by atoms with Crippen molar-refractivity contribution in [2.45, 2.75) is 0 Å². The third-order valence-electron chi connectivity index (χ3n) is 2.56. The second-order valence-electron chi connectivity index (χ2n) is 3.70. The zero-order chi connectivity index (χ0) is 14.0. The summed E-state index contributed by atoms with van der Waals surface area (Å²) in [6.07, 6.45) is 1.38. The van der Waals surface area contributed by atoms with Gasteiger partial charge in [-0.15, -0.1) is 0 Å². The molecule has 0 radical (unpaired) electrons. The van der Waals surface area contributed by atoms with Crippen LogP contribution in [0.4, 0.5) is 5.69 Å². The molecule has 2 rings (SSSR count). The molecular formula is C12H8ClN3O2S. The molecule has 0 bridgehead atoms. The van der Waals surface area contributed by atoms with Gasteiger partial charge in [-0.25, -0.2) is 4.79 Å². The van der Waals surface area contributed by atoms with Crippen LogP contribution in [0.15, 0.2) is 45.0 Å². The molecule has 0 amide bonds. The van der Waals surface area contributed by atoms with Crippen molar-refractivity contribution in [3.05, 3.63) is 56.3 Å². The van der Waals surface area contributed by atoms with Crippen LogP contribution < -0.4 is 11.2 Å². The monoisotopic (exact) mass is 293 g/mol. The molecule has 7 heteroatoms. The van der Waals surface area contributed by atoms with Crippen LogP contribution in [0.2, 0.25) is 5.02 Å². The lowest BCUT2D eigenvalue weighted by molar-refractivity contribution is 0.728. The van der Waals surface area contributed by atoms with Gasteiger partial charge in [0.15, 0.2) is 0 Å². The zero-order valence-corrected chi connectivity index (χ0v) is 11.4. The molecule has 0 aliphatic rings. The molecule has 0 saturated carbocycles. The molecule has 1 heterocycles. The van der Waals surface area contributed by atoms with E-state index in [0.717, 1.165) is 4.57 Å². The van der Waals surface area contributed by atoms with E-state index in [-0.39, 0.29) is 5.56 Å². The molecule has 2 aromatic rings. The van der Waals surface area contributed by atoms with Crippen LogP contribution >= 0.6 is 23.8 Å². The van der Waals surface area contributed by atoms with Gasteiger partial charge in [-0.05, 0) is 30.4 Å². The maximum Gasteiger partial charge on any atom is 0.335 e. The summed E-state index contributed by atoms with van der Waals surface area (Å²) in [6, 6.07) is 6.13. The fourth-order valence-corrected chi connectivity index (χ4v) is 1.94.